The number of nitro benzene ring substituents is 1. The van der Waals surface area contributed by atoms with Crippen LogP contribution in [-0.2, 0) is 22.6 Å². The third kappa shape index (κ3) is 5.72. The molecule has 3 aromatic rings. The Morgan fingerprint density at radius 1 is 1.18 bits per heavy atom. The fourth-order valence-corrected chi connectivity index (χ4v) is 4.53. The lowest BCUT2D eigenvalue weighted by Gasteiger charge is -2.22. The summed E-state index contributed by atoms with van der Waals surface area (Å²) in [6.07, 6.45) is 2.87. The van der Waals surface area contributed by atoms with E-state index in [1.165, 1.54) is 28.4 Å². The highest BCUT2D eigenvalue weighted by Crippen LogP contribution is 2.25. The van der Waals surface area contributed by atoms with Crippen molar-refractivity contribution >= 4 is 34.2 Å². The molecular formula is C23H22N4O5S. The monoisotopic (exact) mass is 466 g/mol. The molecule has 2 heterocycles. The number of nitro groups is 1. The second-order valence-corrected chi connectivity index (χ2v) is 8.73. The third-order valence-corrected chi connectivity index (χ3v) is 6.19. The van der Waals surface area contributed by atoms with Gasteiger partial charge in [-0.3, -0.25) is 19.8 Å². The number of thiazole rings is 1. The van der Waals surface area contributed by atoms with E-state index >= 15 is 0 Å². The molecule has 2 aromatic carbocycles. The van der Waals surface area contributed by atoms with E-state index in [0.29, 0.717) is 30.9 Å². The number of nitrogens with zero attached hydrogens (tertiary/aromatic N) is 3. The smallest absolute Gasteiger partial charge is 0.410 e. The lowest BCUT2D eigenvalue weighted by Crippen LogP contribution is -2.43. The molecular weight excluding hydrogens is 444 g/mol. The number of non-ortho nitro benzene ring substituents is 1. The SMILES string of the molecule is O=C(Nc1ncc(Cc2cccc([N+](=O)[O-])c2)s1)[C@@H]1CCCN1C(=O)OCc1ccccc1. The van der Waals surface area contributed by atoms with Gasteiger partial charge in [-0.1, -0.05) is 42.5 Å². The summed E-state index contributed by atoms with van der Waals surface area (Å²) in [7, 11) is 0. The van der Waals surface area contributed by atoms with Gasteiger partial charge in [0.2, 0.25) is 5.91 Å². The first-order valence-electron chi connectivity index (χ1n) is 10.5. The molecule has 1 saturated heterocycles. The molecule has 0 radical (unpaired) electrons. The number of likely N-dealkylation sites (tertiary alicyclic amines) is 1. The minimum Gasteiger partial charge on any atom is -0.445 e. The van der Waals surface area contributed by atoms with Crippen LogP contribution in [0, 0.1) is 10.1 Å². The third-order valence-electron chi connectivity index (χ3n) is 5.28. The van der Waals surface area contributed by atoms with Crippen molar-refractivity contribution in [1.82, 2.24) is 9.88 Å². The summed E-state index contributed by atoms with van der Waals surface area (Å²) in [4.78, 5) is 42.4. The maximum atomic E-state index is 12.8. The second kappa shape index (κ2) is 10.2. The first kappa shape index (κ1) is 22.4. The van der Waals surface area contributed by atoms with E-state index in [1.54, 1.807) is 12.3 Å². The van der Waals surface area contributed by atoms with Gasteiger partial charge >= 0.3 is 6.09 Å². The lowest BCUT2D eigenvalue weighted by atomic mass is 10.1. The molecule has 1 aliphatic rings. The number of aromatic nitrogens is 1. The van der Waals surface area contributed by atoms with Crippen LogP contribution in [0.3, 0.4) is 0 Å². The highest BCUT2D eigenvalue weighted by molar-refractivity contribution is 7.15. The summed E-state index contributed by atoms with van der Waals surface area (Å²) in [6, 6.07) is 15.2. The molecule has 0 unspecified atom stereocenters. The fourth-order valence-electron chi connectivity index (χ4n) is 3.68. The molecule has 4 rings (SSSR count). The molecule has 0 saturated carbocycles. The van der Waals surface area contributed by atoms with Gasteiger partial charge in [0, 0.05) is 36.2 Å². The molecule has 0 bridgehead atoms. The summed E-state index contributed by atoms with van der Waals surface area (Å²) in [5.41, 5.74) is 1.70. The number of carbonyl (C=O) groups is 2. The Morgan fingerprint density at radius 3 is 2.76 bits per heavy atom. The van der Waals surface area contributed by atoms with E-state index in [2.05, 4.69) is 10.3 Å². The van der Waals surface area contributed by atoms with Gasteiger partial charge in [-0.15, -0.1) is 11.3 Å². The summed E-state index contributed by atoms with van der Waals surface area (Å²) in [6.45, 7) is 0.611. The van der Waals surface area contributed by atoms with Crippen LogP contribution in [0.2, 0.25) is 0 Å². The van der Waals surface area contributed by atoms with Crippen LogP contribution in [-0.4, -0.2) is 39.4 Å². The summed E-state index contributed by atoms with van der Waals surface area (Å²) in [5.74, 6) is -0.305. The number of nitrogens with one attached hydrogen (secondary N) is 1. The van der Waals surface area contributed by atoms with Crippen LogP contribution in [0.5, 0.6) is 0 Å². The summed E-state index contributed by atoms with van der Waals surface area (Å²) in [5, 5.41) is 14.2. The van der Waals surface area contributed by atoms with Gasteiger partial charge in [0.05, 0.1) is 4.92 Å². The number of amides is 2. The summed E-state index contributed by atoms with van der Waals surface area (Å²) < 4.78 is 5.39. The normalized spacial score (nSPS) is 15.3. The zero-order valence-electron chi connectivity index (χ0n) is 17.7. The predicted molar refractivity (Wildman–Crippen MR) is 123 cm³/mol. The Balaban J connectivity index is 1.34. The first-order chi connectivity index (χ1) is 16.0. The van der Waals surface area contributed by atoms with Crippen molar-refractivity contribution in [2.24, 2.45) is 0 Å². The van der Waals surface area contributed by atoms with E-state index in [9.17, 15) is 19.7 Å². The van der Waals surface area contributed by atoms with E-state index in [-0.39, 0.29) is 18.2 Å². The van der Waals surface area contributed by atoms with Gasteiger partial charge in [0.15, 0.2) is 5.13 Å². The van der Waals surface area contributed by atoms with Crippen molar-refractivity contribution in [3.8, 4) is 0 Å². The zero-order valence-corrected chi connectivity index (χ0v) is 18.5. The predicted octanol–water partition coefficient (Wildman–Crippen LogP) is 4.38. The van der Waals surface area contributed by atoms with E-state index in [1.807, 2.05) is 36.4 Å². The molecule has 1 aliphatic heterocycles. The molecule has 1 fully saturated rings. The van der Waals surface area contributed by atoms with Gasteiger partial charge in [-0.05, 0) is 24.0 Å². The molecule has 1 atom stereocenters. The van der Waals surface area contributed by atoms with Crippen LogP contribution in [0.15, 0.2) is 60.8 Å². The Labute approximate surface area is 194 Å². The van der Waals surface area contributed by atoms with Crippen LogP contribution in [0.25, 0.3) is 0 Å². The Kier molecular flexibility index (Phi) is 6.94. The molecule has 1 aromatic heterocycles. The quantitative estimate of drug-likeness (QED) is 0.408. The van der Waals surface area contributed by atoms with Crippen molar-refractivity contribution < 1.29 is 19.2 Å². The maximum Gasteiger partial charge on any atom is 0.410 e. The number of benzene rings is 2. The minimum absolute atomic E-state index is 0.0333. The van der Waals surface area contributed by atoms with Crippen molar-refractivity contribution in [2.75, 3.05) is 11.9 Å². The van der Waals surface area contributed by atoms with Crippen molar-refractivity contribution in [1.29, 1.82) is 0 Å². The van der Waals surface area contributed by atoms with Crippen molar-refractivity contribution in [3.63, 3.8) is 0 Å². The molecule has 33 heavy (non-hydrogen) atoms. The Hall–Kier alpha value is -3.79. The first-order valence-corrected chi connectivity index (χ1v) is 11.3. The van der Waals surface area contributed by atoms with Gasteiger partial charge in [-0.25, -0.2) is 9.78 Å². The fraction of sp³-hybridized carbons (Fsp3) is 0.261. The molecule has 170 valence electrons. The molecule has 0 aliphatic carbocycles. The highest BCUT2D eigenvalue weighted by Gasteiger charge is 2.35. The zero-order chi connectivity index (χ0) is 23.2. The summed E-state index contributed by atoms with van der Waals surface area (Å²) >= 11 is 1.30. The number of rotatable bonds is 7. The molecule has 0 spiro atoms. The van der Waals surface area contributed by atoms with Crippen LogP contribution in [0.4, 0.5) is 15.6 Å². The van der Waals surface area contributed by atoms with Gasteiger partial charge in [0.1, 0.15) is 12.6 Å². The number of ether oxygens (including phenoxy) is 1. The number of carbonyl (C=O) groups excluding carboxylic acids is 2. The highest BCUT2D eigenvalue weighted by atomic mass is 32.1. The molecule has 1 N–H and O–H groups in total. The standard InChI is InChI=1S/C23H22N4O5S/c28-21(20-10-5-11-26(20)23(29)32-15-16-6-2-1-3-7-16)25-22-24-14-19(33-22)13-17-8-4-9-18(12-17)27(30)31/h1-4,6-9,12,14,20H,5,10-11,13,15H2,(H,24,25,28)/t20-/m0/s1. The number of anilines is 1. The van der Waals surface area contributed by atoms with Crippen molar-refractivity contribution in [3.05, 3.63) is 86.9 Å². The second-order valence-electron chi connectivity index (χ2n) is 7.62. The topological polar surface area (TPSA) is 115 Å². The maximum absolute atomic E-state index is 12.8. The van der Waals surface area contributed by atoms with Gasteiger partial charge in [-0.2, -0.15) is 0 Å². The van der Waals surface area contributed by atoms with Crippen LogP contribution >= 0.6 is 11.3 Å². The van der Waals surface area contributed by atoms with Gasteiger partial charge in [0.25, 0.3) is 5.69 Å². The molecule has 2 amide bonds. The lowest BCUT2D eigenvalue weighted by molar-refractivity contribution is -0.384. The minimum atomic E-state index is -0.614. The Morgan fingerprint density at radius 2 is 1.97 bits per heavy atom. The largest absolute Gasteiger partial charge is 0.445 e. The Bertz CT molecular complexity index is 1150. The number of hydrogen-bond acceptors (Lipinski definition) is 7. The molecule has 10 heteroatoms. The van der Waals surface area contributed by atoms with E-state index in [0.717, 1.165) is 16.0 Å². The average molecular weight is 467 g/mol. The van der Waals surface area contributed by atoms with Crippen LogP contribution < -0.4 is 5.32 Å². The molecule has 9 nitrogen and oxygen atoms in total. The number of hydrogen-bond donors (Lipinski definition) is 1. The van der Waals surface area contributed by atoms with Crippen molar-refractivity contribution in [2.45, 2.75) is 31.9 Å². The average Bonchev–Trinajstić information content (AvgIpc) is 3.48. The van der Waals surface area contributed by atoms with E-state index in [4.69, 9.17) is 4.74 Å². The van der Waals surface area contributed by atoms with Gasteiger partial charge < -0.3 is 10.1 Å². The van der Waals surface area contributed by atoms with E-state index < -0.39 is 17.1 Å². The van der Waals surface area contributed by atoms with Crippen LogP contribution in [0.1, 0.15) is 28.8 Å².